The van der Waals surface area contributed by atoms with E-state index in [1.807, 2.05) is 36.4 Å². The third-order valence-corrected chi connectivity index (χ3v) is 8.51. The minimum absolute atomic E-state index is 0.0153. The molecule has 45 heavy (non-hydrogen) atoms. The van der Waals surface area contributed by atoms with Gasteiger partial charge in [0.05, 0.1) is 26.9 Å². The maximum Gasteiger partial charge on any atom is 0.293 e. The summed E-state index contributed by atoms with van der Waals surface area (Å²) < 4.78 is 25.9. The van der Waals surface area contributed by atoms with Gasteiger partial charge in [-0.3, -0.25) is 14.5 Å². The second-order valence-corrected chi connectivity index (χ2v) is 11.4. The molecule has 6 rings (SSSR count). The van der Waals surface area contributed by atoms with Gasteiger partial charge in [-0.1, -0.05) is 18.2 Å². The number of likely N-dealkylation sites (N-methyl/N-ethyl adjacent to an activating group) is 1. The van der Waals surface area contributed by atoms with E-state index in [9.17, 15) is 14.7 Å². The molecule has 240 valence electrons. The van der Waals surface area contributed by atoms with Crippen molar-refractivity contribution in [3.8, 4) is 28.7 Å². The molecule has 0 aromatic heterocycles. The SMILES string of the molecule is CN1CCN(Cc2ccc(C(=O)NC3c4cc5c(cc4CCC3COC=O)OCO5)cc2)CC1.COc1cccc(OC)c1O. The Bertz CT molecular complexity index is 1430. The number of amides is 1. The Kier molecular flexibility index (Phi) is 10.6. The van der Waals surface area contributed by atoms with Crippen molar-refractivity contribution < 1.29 is 38.4 Å². The molecule has 3 aliphatic rings. The Labute approximate surface area is 263 Å². The van der Waals surface area contributed by atoms with E-state index in [1.54, 1.807) is 18.2 Å². The average Bonchev–Trinajstić information content (AvgIpc) is 3.53. The van der Waals surface area contributed by atoms with E-state index >= 15 is 0 Å². The van der Waals surface area contributed by atoms with Crippen LogP contribution in [-0.4, -0.2) is 88.1 Å². The van der Waals surface area contributed by atoms with E-state index in [0.717, 1.165) is 62.4 Å². The highest BCUT2D eigenvalue weighted by molar-refractivity contribution is 5.94. The molecular weight excluding hydrogens is 578 g/mol. The summed E-state index contributed by atoms with van der Waals surface area (Å²) in [5, 5.41) is 12.5. The van der Waals surface area contributed by atoms with E-state index < -0.39 is 0 Å². The summed E-state index contributed by atoms with van der Waals surface area (Å²) in [6, 6.07) is 16.6. The minimum atomic E-state index is -0.282. The number of methoxy groups -OCH3 is 2. The van der Waals surface area contributed by atoms with Crippen LogP contribution in [0.25, 0.3) is 0 Å². The third kappa shape index (κ3) is 7.79. The van der Waals surface area contributed by atoms with E-state index in [-0.39, 0.29) is 37.0 Å². The van der Waals surface area contributed by atoms with Crippen LogP contribution in [-0.2, 0) is 22.5 Å². The summed E-state index contributed by atoms with van der Waals surface area (Å²) in [5.41, 5.74) is 3.94. The number of piperazine rings is 1. The Morgan fingerprint density at radius 3 is 2.31 bits per heavy atom. The van der Waals surface area contributed by atoms with Gasteiger partial charge in [-0.2, -0.15) is 0 Å². The van der Waals surface area contributed by atoms with Gasteiger partial charge in [0.25, 0.3) is 12.4 Å². The largest absolute Gasteiger partial charge is 0.502 e. The van der Waals surface area contributed by atoms with Gasteiger partial charge in [0, 0.05) is 44.2 Å². The molecule has 2 unspecified atom stereocenters. The number of nitrogens with zero attached hydrogens (tertiary/aromatic N) is 2. The van der Waals surface area contributed by atoms with Crippen LogP contribution in [0, 0.1) is 5.92 Å². The Balaban J connectivity index is 0.000000309. The lowest BCUT2D eigenvalue weighted by atomic mass is 9.79. The second kappa shape index (κ2) is 15.0. The zero-order valence-corrected chi connectivity index (χ0v) is 26.0. The van der Waals surface area contributed by atoms with Crippen LogP contribution < -0.4 is 24.3 Å². The molecule has 3 aromatic carbocycles. The predicted octanol–water partition coefficient (Wildman–Crippen LogP) is 3.78. The van der Waals surface area contributed by atoms with Crippen molar-refractivity contribution in [2.75, 3.05) is 60.8 Å². The Morgan fingerprint density at radius 2 is 1.67 bits per heavy atom. The van der Waals surface area contributed by atoms with Gasteiger partial charge < -0.3 is 39.0 Å². The van der Waals surface area contributed by atoms with Gasteiger partial charge >= 0.3 is 0 Å². The smallest absolute Gasteiger partial charge is 0.293 e. The van der Waals surface area contributed by atoms with Crippen molar-refractivity contribution in [1.82, 2.24) is 15.1 Å². The number of carbonyl (C=O) groups is 2. The fraction of sp³-hybridized carbons (Fsp3) is 0.412. The topological polar surface area (TPSA) is 119 Å². The highest BCUT2D eigenvalue weighted by Crippen LogP contribution is 2.42. The first kappa shape index (κ1) is 31.9. The number of aromatic hydroxyl groups is 1. The molecule has 0 radical (unpaired) electrons. The van der Waals surface area contributed by atoms with Crippen LogP contribution in [0.2, 0.25) is 0 Å². The van der Waals surface area contributed by atoms with Crippen LogP contribution in [0.1, 0.15) is 39.5 Å². The van der Waals surface area contributed by atoms with Crippen molar-refractivity contribution in [1.29, 1.82) is 0 Å². The fourth-order valence-corrected chi connectivity index (χ4v) is 5.89. The number of fused-ring (bicyclic) bond motifs is 2. The molecule has 11 heteroatoms. The van der Waals surface area contributed by atoms with Crippen LogP contribution in [0.15, 0.2) is 54.6 Å². The Hall–Kier alpha value is -4.48. The molecule has 0 saturated carbocycles. The van der Waals surface area contributed by atoms with E-state index in [4.69, 9.17) is 23.7 Å². The molecular formula is C34H41N3O8. The molecule has 2 aliphatic heterocycles. The molecule has 0 spiro atoms. The van der Waals surface area contributed by atoms with Crippen LogP contribution in [0.5, 0.6) is 28.7 Å². The fourth-order valence-electron chi connectivity index (χ4n) is 5.89. The van der Waals surface area contributed by atoms with Crippen molar-refractivity contribution in [3.63, 3.8) is 0 Å². The average molecular weight is 620 g/mol. The van der Waals surface area contributed by atoms with Crippen molar-refractivity contribution >= 4 is 12.4 Å². The molecule has 11 nitrogen and oxygen atoms in total. The van der Waals surface area contributed by atoms with Crippen LogP contribution >= 0.6 is 0 Å². The number of hydrogen-bond donors (Lipinski definition) is 2. The van der Waals surface area contributed by atoms with E-state index in [0.29, 0.717) is 29.3 Å². The van der Waals surface area contributed by atoms with Gasteiger partial charge in [-0.25, -0.2) is 0 Å². The Morgan fingerprint density at radius 1 is 1.00 bits per heavy atom. The number of hydrogen-bond acceptors (Lipinski definition) is 10. The van der Waals surface area contributed by atoms with Gasteiger partial charge in [-0.05, 0) is 73.0 Å². The lowest BCUT2D eigenvalue weighted by molar-refractivity contribution is -0.130. The van der Waals surface area contributed by atoms with Crippen molar-refractivity contribution in [3.05, 3.63) is 76.9 Å². The number of carbonyl (C=O) groups excluding carboxylic acids is 2. The normalized spacial score (nSPS) is 19.0. The number of para-hydroxylation sites is 1. The highest BCUT2D eigenvalue weighted by atomic mass is 16.7. The summed E-state index contributed by atoms with van der Waals surface area (Å²) in [7, 11) is 5.14. The standard InChI is InChI=1S/C26H31N3O5.C8H10O3/c1-28-8-10-29(11-9-28)14-18-2-4-19(5-3-18)26(31)27-25-21(15-32-16-30)7-6-20-12-23-24(13-22(20)25)34-17-33-23;1-10-6-4-3-5-7(11-2)8(6)9/h2-5,12-13,16,21,25H,6-11,14-15,17H2,1H3,(H,27,31);3-5,9H,1-2H3. The number of phenolic OH excluding ortho intramolecular Hbond substituents is 1. The summed E-state index contributed by atoms with van der Waals surface area (Å²) >= 11 is 0. The monoisotopic (exact) mass is 619 g/mol. The lowest BCUT2D eigenvalue weighted by Gasteiger charge is -2.34. The van der Waals surface area contributed by atoms with Crippen LogP contribution in [0.4, 0.5) is 0 Å². The number of rotatable bonds is 9. The highest BCUT2D eigenvalue weighted by Gasteiger charge is 2.34. The van der Waals surface area contributed by atoms with Crippen LogP contribution in [0.3, 0.4) is 0 Å². The number of phenols is 1. The number of aryl methyl sites for hydroxylation is 1. The molecule has 1 saturated heterocycles. The van der Waals surface area contributed by atoms with E-state index in [1.165, 1.54) is 19.8 Å². The first-order chi connectivity index (χ1) is 21.9. The zero-order chi connectivity index (χ0) is 31.8. The third-order valence-electron chi connectivity index (χ3n) is 8.51. The molecule has 2 heterocycles. The summed E-state index contributed by atoms with van der Waals surface area (Å²) in [6.45, 7) is 6.10. The summed E-state index contributed by atoms with van der Waals surface area (Å²) in [6.07, 6.45) is 1.63. The maximum absolute atomic E-state index is 13.2. The number of nitrogens with one attached hydrogen (secondary N) is 1. The van der Waals surface area contributed by atoms with Crippen molar-refractivity contribution in [2.24, 2.45) is 5.92 Å². The molecule has 1 aliphatic carbocycles. The predicted molar refractivity (Wildman–Crippen MR) is 167 cm³/mol. The molecule has 3 aromatic rings. The molecule has 1 fully saturated rings. The molecule has 1 amide bonds. The lowest BCUT2D eigenvalue weighted by Crippen LogP contribution is -2.43. The van der Waals surface area contributed by atoms with E-state index in [2.05, 4.69) is 22.2 Å². The number of benzene rings is 3. The second-order valence-electron chi connectivity index (χ2n) is 11.4. The van der Waals surface area contributed by atoms with Crippen molar-refractivity contribution in [2.45, 2.75) is 25.4 Å². The first-order valence-electron chi connectivity index (χ1n) is 15.1. The van der Waals surface area contributed by atoms with Gasteiger partial charge in [0.15, 0.2) is 23.0 Å². The minimum Gasteiger partial charge on any atom is -0.502 e. The summed E-state index contributed by atoms with van der Waals surface area (Å²) in [4.78, 5) is 28.8. The first-order valence-corrected chi connectivity index (χ1v) is 15.1. The quantitative estimate of drug-likeness (QED) is 0.343. The summed E-state index contributed by atoms with van der Waals surface area (Å²) in [5.74, 6) is 2.15. The molecule has 2 atom stereocenters. The van der Waals surface area contributed by atoms with Gasteiger partial charge in [0.1, 0.15) is 0 Å². The number of ether oxygens (including phenoxy) is 5. The maximum atomic E-state index is 13.2. The van der Waals surface area contributed by atoms with Gasteiger partial charge in [0.2, 0.25) is 12.5 Å². The van der Waals surface area contributed by atoms with Gasteiger partial charge in [-0.15, -0.1) is 0 Å². The molecule has 2 N–H and O–H groups in total. The zero-order valence-electron chi connectivity index (χ0n) is 26.0. The molecule has 0 bridgehead atoms.